The van der Waals surface area contributed by atoms with Gasteiger partial charge in [-0.15, -0.1) is 11.3 Å². The van der Waals surface area contributed by atoms with Crippen molar-refractivity contribution in [3.05, 3.63) is 53.0 Å². The van der Waals surface area contributed by atoms with E-state index in [1.807, 2.05) is 24.3 Å². The van der Waals surface area contributed by atoms with E-state index < -0.39 is 12.0 Å². The molecule has 3 aromatic rings. The third-order valence-electron chi connectivity index (χ3n) is 4.88. The van der Waals surface area contributed by atoms with Gasteiger partial charge in [0.2, 0.25) is 5.91 Å². The SMILES string of the molecule is COC(=O)CC(NC(=O)CCCc1nc2ccccc2s1)c1ccc(OC)c(OC)c1. The van der Waals surface area contributed by atoms with Crippen LogP contribution in [0.25, 0.3) is 10.2 Å². The molecule has 8 heteroatoms. The van der Waals surface area contributed by atoms with Crippen molar-refractivity contribution in [3.63, 3.8) is 0 Å². The van der Waals surface area contributed by atoms with Gasteiger partial charge >= 0.3 is 5.97 Å². The van der Waals surface area contributed by atoms with Gasteiger partial charge in [0.1, 0.15) is 0 Å². The maximum Gasteiger partial charge on any atom is 0.307 e. The standard InChI is InChI=1S/C23H26N2O5S/c1-28-18-12-11-15(13-19(18)29-2)17(14-23(27)30-3)24-21(26)9-6-10-22-25-16-7-4-5-8-20(16)31-22/h4-5,7-8,11-13,17H,6,9-10,14H2,1-3H3,(H,24,26). The Labute approximate surface area is 185 Å². The van der Waals surface area contributed by atoms with Crippen molar-refractivity contribution < 1.29 is 23.8 Å². The lowest BCUT2D eigenvalue weighted by atomic mass is 10.0. The second-order valence-corrected chi connectivity index (χ2v) is 8.06. The molecular formula is C23H26N2O5S. The highest BCUT2D eigenvalue weighted by molar-refractivity contribution is 7.18. The fourth-order valence-corrected chi connectivity index (χ4v) is 4.27. The van der Waals surface area contributed by atoms with Crippen molar-refractivity contribution >= 4 is 33.4 Å². The minimum absolute atomic E-state index is 0.0234. The minimum atomic E-state index is -0.526. The predicted octanol–water partition coefficient (Wildman–Crippen LogP) is 4.06. The van der Waals surface area contributed by atoms with Gasteiger partial charge in [-0.1, -0.05) is 18.2 Å². The van der Waals surface area contributed by atoms with Crippen LogP contribution in [-0.2, 0) is 20.7 Å². The average molecular weight is 443 g/mol. The fraction of sp³-hybridized carbons (Fsp3) is 0.348. The molecular weight excluding hydrogens is 416 g/mol. The van der Waals surface area contributed by atoms with Crippen LogP contribution in [-0.4, -0.2) is 38.2 Å². The van der Waals surface area contributed by atoms with Crippen molar-refractivity contribution in [2.45, 2.75) is 31.7 Å². The van der Waals surface area contributed by atoms with Crippen molar-refractivity contribution in [3.8, 4) is 11.5 Å². The Kier molecular flexibility index (Phi) is 7.83. The summed E-state index contributed by atoms with van der Waals surface area (Å²) in [6.45, 7) is 0. The number of nitrogens with one attached hydrogen (secondary N) is 1. The van der Waals surface area contributed by atoms with Gasteiger partial charge in [-0.3, -0.25) is 9.59 Å². The Morgan fingerprint density at radius 3 is 2.55 bits per heavy atom. The normalized spacial score (nSPS) is 11.7. The Morgan fingerprint density at radius 1 is 1.06 bits per heavy atom. The molecule has 0 radical (unpaired) electrons. The first kappa shape index (κ1) is 22.6. The third-order valence-corrected chi connectivity index (χ3v) is 5.97. The number of methoxy groups -OCH3 is 3. The summed E-state index contributed by atoms with van der Waals surface area (Å²) in [5.74, 6) is 0.560. The highest BCUT2D eigenvalue weighted by atomic mass is 32.1. The molecule has 0 saturated carbocycles. The number of thiazole rings is 1. The van der Waals surface area contributed by atoms with Crippen LogP contribution in [0.2, 0.25) is 0 Å². The lowest BCUT2D eigenvalue weighted by molar-refractivity contribution is -0.141. The van der Waals surface area contributed by atoms with Crippen LogP contribution in [0, 0.1) is 0 Å². The zero-order valence-electron chi connectivity index (χ0n) is 17.8. The maximum absolute atomic E-state index is 12.6. The van der Waals surface area contributed by atoms with Gasteiger partial charge in [0.15, 0.2) is 11.5 Å². The molecule has 0 aliphatic carbocycles. The van der Waals surface area contributed by atoms with Crippen molar-refractivity contribution in [2.24, 2.45) is 0 Å². The third kappa shape index (κ3) is 5.95. The number of hydrogen-bond acceptors (Lipinski definition) is 7. The molecule has 7 nitrogen and oxygen atoms in total. The van der Waals surface area contributed by atoms with E-state index in [9.17, 15) is 9.59 Å². The second-order valence-electron chi connectivity index (χ2n) is 6.94. The molecule has 0 bridgehead atoms. The summed E-state index contributed by atoms with van der Waals surface area (Å²) in [6.07, 6.45) is 1.75. The molecule has 0 aliphatic rings. The van der Waals surface area contributed by atoms with E-state index in [-0.39, 0.29) is 12.3 Å². The summed E-state index contributed by atoms with van der Waals surface area (Å²) in [5.41, 5.74) is 1.72. The van der Waals surface area contributed by atoms with Crippen LogP contribution in [0.5, 0.6) is 11.5 Å². The number of aryl methyl sites for hydroxylation is 1. The Bertz CT molecular complexity index is 1020. The summed E-state index contributed by atoms with van der Waals surface area (Å²) in [6, 6.07) is 12.8. The number of carbonyl (C=O) groups is 2. The lowest BCUT2D eigenvalue weighted by Crippen LogP contribution is -2.30. The maximum atomic E-state index is 12.6. The topological polar surface area (TPSA) is 86.8 Å². The smallest absolute Gasteiger partial charge is 0.307 e. The van der Waals surface area contributed by atoms with E-state index in [0.29, 0.717) is 24.3 Å². The fourth-order valence-electron chi connectivity index (χ4n) is 3.27. The Balaban J connectivity index is 1.63. The van der Waals surface area contributed by atoms with E-state index in [1.54, 1.807) is 36.6 Å². The zero-order chi connectivity index (χ0) is 22.2. The van der Waals surface area contributed by atoms with Gasteiger partial charge in [0, 0.05) is 6.42 Å². The van der Waals surface area contributed by atoms with E-state index in [0.717, 1.165) is 27.2 Å². The molecule has 164 valence electrons. The largest absolute Gasteiger partial charge is 0.493 e. The number of hydrogen-bond donors (Lipinski definition) is 1. The number of para-hydroxylation sites is 1. The van der Waals surface area contributed by atoms with E-state index >= 15 is 0 Å². The molecule has 0 saturated heterocycles. The number of carbonyl (C=O) groups excluding carboxylic acids is 2. The molecule has 1 atom stereocenters. The van der Waals surface area contributed by atoms with Gasteiger partial charge in [0.25, 0.3) is 0 Å². The first-order valence-corrected chi connectivity index (χ1v) is 10.8. The molecule has 1 amide bonds. The summed E-state index contributed by atoms with van der Waals surface area (Å²) < 4.78 is 16.6. The molecule has 1 heterocycles. The van der Waals surface area contributed by atoms with E-state index in [2.05, 4.69) is 10.3 Å². The molecule has 3 rings (SSSR count). The van der Waals surface area contributed by atoms with Gasteiger partial charge in [0.05, 0.1) is 49.0 Å². The van der Waals surface area contributed by atoms with E-state index in [4.69, 9.17) is 14.2 Å². The number of fused-ring (bicyclic) bond motifs is 1. The second kappa shape index (κ2) is 10.8. The molecule has 0 spiro atoms. The van der Waals surface area contributed by atoms with Gasteiger partial charge in [-0.2, -0.15) is 0 Å². The van der Waals surface area contributed by atoms with Gasteiger partial charge in [-0.05, 0) is 42.7 Å². The van der Waals surface area contributed by atoms with Crippen molar-refractivity contribution in [1.82, 2.24) is 10.3 Å². The first-order chi connectivity index (χ1) is 15.0. The van der Waals surface area contributed by atoms with Crippen LogP contribution in [0.15, 0.2) is 42.5 Å². The molecule has 0 fully saturated rings. The quantitative estimate of drug-likeness (QED) is 0.477. The summed E-state index contributed by atoms with van der Waals surface area (Å²) in [4.78, 5) is 29.1. The summed E-state index contributed by atoms with van der Waals surface area (Å²) >= 11 is 1.65. The molecule has 0 aliphatic heterocycles. The minimum Gasteiger partial charge on any atom is -0.493 e. The van der Waals surface area contributed by atoms with Crippen LogP contribution in [0.1, 0.15) is 35.9 Å². The number of aromatic nitrogens is 1. The molecule has 1 aromatic heterocycles. The number of benzene rings is 2. The number of nitrogens with zero attached hydrogens (tertiary/aromatic N) is 1. The summed E-state index contributed by atoms with van der Waals surface area (Å²) in [5, 5.41) is 3.96. The lowest BCUT2D eigenvalue weighted by Gasteiger charge is -2.19. The number of ether oxygens (including phenoxy) is 3. The van der Waals surface area contributed by atoms with E-state index in [1.165, 1.54) is 14.2 Å². The molecule has 1 N–H and O–H groups in total. The Morgan fingerprint density at radius 2 is 1.84 bits per heavy atom. The average Bonchev–Trinajstić information content (AvgIpc) is 3.20. The zero-order valence-corrected chi connectivity index (χ0v) is 18.7. The van der Waals surface area contributed by atoms with Crippen molar-refractivity contribution in [2.75, 3.05) is 21.3 Å². The number of rotatable bonds is 10. The highest BCUT2D eigenvalue weighted by Gasteiger charge is 2.20. The van der Waals surface area contributed by atoms with Crippen LogP contribution >= 0.6 is 11.3 Å². The monoisotopic (exact) mass is 442 g/mol. The Hall–Kier alpha value is -3.13. The molecule has 2 aromatic carbocycles. The van der Waals surface area contributed by atoms with Gasteiger partial charge in [-0.25, -0.2) is 4.98 Å². The van der Waals surface area contributed by atoms with Gasteiger partial charge < -0.3 is 19.5 Å². The first-order valence-electron chi connectivity index (χ1n) is 9.96. The molecule has 1 unspecified atom stereocenters. The number of amides is 1. The summed E-state index contributed by atoms with van der Waals surface area (Å²) in [7, 11) is 4.42. The van der Waals surface area contributed by atoms with Crippen LogP contribution in [0.3, 0.4) is 0 Å². The highest BCUT2D eigenvalue weighted by Crippen LogP contribution is 2.31. The van der Waals surface area contributed by atoms with Crippen LogP contribution < -0.4 is 14.8 Å². The molecule has 31 heavy (non-hydrogen) atoms. The number of esters is 1. The van der Waals surface area contributed by atoms with Crippen molar-refractivity contribution in [1.29, 1.82) is 0 Å². The van der Waals surface area contributed by atoms with Crippen LogP contribution in [0.4, 0.5) is 0 Å². The predicted molar refractivity (Wildman–Crippen MR) is 120 cm³/mol.